The molecule has 29 heavy (non-hydrogen) atoms. The number of carbonyl (C=O) groups excluding carboxylic acids is 2. The minimum absolute atomic E-state index is 0.117. The van der Waals surface area contributed by atoms with Crippen molar-refractivity contribution in [2.24, 2.45) is 7.05 Å². The second-order valence-electron chi connectivity index (χ2n) is 6.97. The molecule has 0 saturated carbocycles. The Morgan fingerprint density at radius 2 is 1.52 bits per heavy atom. The molecular weight excluding hydrogens is 366 g/mol. The Kier molecular flexibility index (Phi) is 5.29. The van der Waals surface area contributed by atoms with Gasteiger partial charge in [0.25, 0.3) is 11.8 Å². The first-order valence-electron chi connectivity index (χ1n) is 9.61. The van der Waals surface area contributed by atoms with Crippen LogP contribution in [0.25, 0.3) is 0 Å². The topological polar surface area (TPSA) is 70.5 Å². The predicted molar refractivity (Wildman–Crippen MR) is 112 cm³/mol. The summed E-state index contributed by atoms with van der Waals surface area (Å²) in [5, 5.41) is 7.12. The molecule has 148 valence electrons. The zero-order valence-corrected chi connectivity index (χ0v) is 16.3. The van der Waals surface area contributed by atoms with Gasteiger partial charge < -0.3 is 15.1 Å². The third-order valence-electron chi connectivity index (χ3n) is 5.06. The quantitative estimate of drug-likeness (QED) is 0.745. The molecule has 1 aromatic heterocycles. The molecule has 2 amide bonds. The van der Waals surface area contributed by atoms with Crippen LogP contribution in [0, 0.1) is 0 Å². The van der Waals surface area contributed by atoms with Crippen LogP contribution in [0.3, 0.4) is 0 Å². The highest BCUT2D eigenvalue weighted by atomic mass is 16.2. The van der Waals surface area contributed by atoms with Gasteiger partial charge in [-0.15, -0.1) is 0 Å². The average molecular weight is 389 g/mol. The van der Waals surface area contributed by atoms with Crippen LogP contribution in [0.2, 0.25) is 0 Å². The number of aromatic nitrogens is 2. The zero-order valence-electron chi connectivity index (χ0n) is 16.3. The fraction of sp³-hybridized carbons (Fsp3) is 0.227. The van der Waals surface area contributed by atoms with E-state index in [0.29, 0.717) is 30.2 Å². The molecule has 7 heteroatoms. The average Bonchev–Trinajstić information content (AvgIpc) is 3.14. The summed E-state index contributed by atoms with van der Waals surface area (Å²) in [4.78, 5) is 29.3. The largest absolute Gasteiger partial charge is 0.368 e. The van der Waals surface area contributed by atoms with Gasteiger partial charge in [0, 0.05) is 50.5 Å². The predicted octanol–water partition coefficient (Wildman–Crippen LogP) is 2.63. The molecule has 1 aliphatic heterocycles. The Hall–Kier alpha value is -3.61. The van der Waals surface area contributed by atoms with Crippen molar-refractivity contribution in [3.8, 4) is 0 Å². The van der Waals surface area contributed by atoms with E-state index < -0.39 is 0 Å². The van der Waals surface area contributed by atoms with Gasteiger partial charge in [-0.05, 0) is 24.3 Å². The first kappa shape index (κ1) is 18.7. The Bertz CT molecular complexity index is 993. The molecule has 1 aliphatic rings. The number of anilines is 2. The molecule has 7 nitrogen and oxygen atoms in total. The van der Waals surface area contributed by atoms with Gasteiger partial charge in [-0.2, -0.15) is 5.10 Å². The molecule has 0 atom stereocenters. The summed E-state index contributed by atoms with van der Waals surface area (Å²) in [6.07, 6.45) is 0. The van der Waals surface area contributed by atoms with Crippen LogP contribution >= 0.6 is 0 Å². The summed E-state index contributed by atoms with van der Waals surface area (Å²) >= 11 is 0. The molecule has 0 bridgehead atoms. The number of rotatable bonds is 4. The van der Waals surface area contributed by atoms with Crippen LogP contribution in [0.4, 0.5) is 11.5 Å². The Balaban J connectivity index is 1.40. The van der Waals surface area contributed by atoms with Gasteiger partial charge in [-0.1, -0.05) is 36.4 Å². The van der Waals surface area contributed by atoms with Crippen molar-refractivity contribution >= 4 is 23.3 Å². The normalized spacial score (nSPS) is 14.0. The highest BCUT2D eigenvalue weighted by Crippen LogP contribution is 2.18. The van der Waals surface area contributed by atoms with Crippen molar-refractivity contribution in [3.05, 3.63) is 78.0 Å². The number of piperazine rings is 1. The number of hydrogen-bond donors (Lipinski definition) is 1. The summed E-state index contributed by atoms with van der Waals surface area (Å²) in [5.74, 6) is 0.141. The maximum atomic E-state index is 12.9. The Morgan fingerprint density at radius 3 is 2.17 bits per heavy atom. The molecular formula is C22H23N5O2. The van der Waals surface area contributed by atoms with Gasteiger partial charge in [0.15, 0.2) is 5.69 Å². The van der Waals surface area contributed by atoms with Gasteiger partial charge in [0.1, 0.15) is 5.82 Å². The van der Waals surface area contributed by atoms with E-state index in [1.807, 2.05) is 41.3 Å². The fourth-order valence-corrected chi connectivity index (χ4v) is 3.44. The molecule has 0 unspecified atom stereocenters. The van der Waals surface area contributed by atoms with E-state index in [9.17, 15) is 9.59 Å². The van der Waals surface area contributed by atoms with Crippen molar-refractivity contribution in [2.75, 3.05) is 36.4 Å². The lowest BCUT2D eigenvalue weighted by Crippen LogP contribution is -2.48. The van der Waals surface area contributed by atoms with Crippen molar-refractivity contribution in [1.82, 2.24) is 14.7 Å². The van der Waals surface area contributed by atoms with Crippen molar-refractivity contribution in [1.29, 1.82) is 0 Å². The molecule has 1 saturated heterocycles. The lowest BCUT2D eigenvalue weighted by Gasteiger charge is -2.35. The van der Waals surface area contributed by atoms with Gasteiger partial charge in [0.05, 0.1) is 0 Å². The maximum Gasteiger partial charge on any atom is 0.274 e. The van der Waals surface area contributed by atoms with E-state index in [1.165, 1.54) is 10.4 Å². The molecule has 3 aromatic rings. The molecule has 4 rings (SSSR count). The summed E-state index contributed by atoms with van der Waals surface area (Å²) in [5.41, 5.74) is 2.06. The minimum atomic E-state index is -0.232. The third-order valence-corrected chi connectivity index (χ3v) is 5.06. The van der Waals surface area contributed by atoms with Crippen molar-refractivity contribution < 1.29 is 9.59 Å². The molecule has 1 fully saturated rings. The van der Waals surface area contributed by atoms with Gasteiger partial charge in [-0.25, -0.2) is 0 Å². The lowest BCUT2D eigenvalue weighted by atomic mass is 10.2. The second-order valence-corrected chi connectivity index (χ2v) is 6.97. The summed E-state index contributed by atoms with van der Waals surface area (Å²) in [6.45, 7) is 2.83. The van der Waals surface area contributed by atoms with E-state index in [1.54, 1.807) is 25.2 Å². The van der Waals surface area contributed by atoms with E-state index in [4.69, 9.17) is 0 Å². The highest BCUT2D eigenvalue weighted by Gasteiger charge is 2.25. The minimum Gasteiger partial charge on any atom is -0.368 e. The molecule has 1 N–H and O–H groups in total. The maximum absolute atomic E-state index is 12.9. The summed E-state index contributed by atoms with van der Waals surface area (Å²) in [6, 6.07) is 20.8. The number of carbonyl (C=O) groups is 2. The van der Waals surface area contributed by atoms with E-state index in [0.717, 1.165) is 13.1 Å². The lowest BCUT2D eigenvalue weighted by molar-refractivity contribution is 0.0740. The summed E-state index contributed by atoms with van der Waals surface area (Å²) in [7, 11) is 1.71. The van der Waals surface area contributed by atoms with Crippen LogP contribution in [-0.2, 0) is 7.05 Å². The number of benzene rings is 2. The van der Waals surface area contributed by atoms with E-state index in [2.05, 4.69) is 27.4 Å². The van der Waals surface area contributed by atoms with Crippen LogP contribution in [0.15, 0.2) is 66.7 Å². The highest BCUT2D eigenvalue weighted by molar-refractivity contribution is 6.04. The zero-order chi connectivity index (χ0) is 20.2. The van der Waals surface area contributed by atoms with Crippen LogP contribution in [0.5, 0.6) is 0 Å². The molecule has 0 radical (unpaired) electrons. The number of hydrogen-bond acceptors (Lipinski definition) is 4. The molecule has 2 heterocycles. The molecule has 0 aliphatic carbocycles. The van der Waals surface area contributed by atoms with Crippen LogP contribution in [0.1, 0.15) is 20.8 Å². The monoisotopic (exact) mass is 389 g/mol. The van der Waals surface area contributed by atoms with Crippen molar-refractivity contribution in [2.45, 2.75) is 0 Å². The fourth-order valence-electron chi connectivity index (χ4n) is 3.44. The molecule has 0 spiro atoms. The first-order chi connectivity index (χ1) is 14.1. The van der Waals surface area contributed by atoms with Gasteiger partial charge in [0.2, 0.25) is 0 Å². The number of nitrogens with zero attached hydrogens (tertiary/aromatic N) is 4. The number of aryl methyl sites for hydroxylation is 1. The Morgan fingerprint density at radius 1 is 0.897 bits per heavy atom. The first-order valence-corrected chi connectivity index (χ1v) is 9.61. The standard InChI is InChI=1S/C22H23N5O2/c1-25-20(23-21(28)17-8-4-2-5-9-17)16-19(24-25)22(29)27-14-12-26(13-15-27)18-10-6-3-7-11-18/h2-11,16H,12-15H2,1H3,(H,23,28). The smallest absolute Gasteiger partial charge is 0.274 e. The third kappa shape index (κ3) is 4.13. The number of nitrogens with one attached hydrogen (secondary N) is 1. The van der Waals surface area contributed by atoms with E-state index >= 15 is 0 Å². The van der Waals surface area contributed by atoms with Crippen molar-refractivity contribution in [3.63, 3.8) is 0 Å². The molecule has 2 aromatic carbocycles. The van der Waals surface area contributed by atoms with Gasteiger partial charge in [-0.3, -0.25) is 14.3 Å². The summed E-state index contributed by atoms with van der Waals surface area (Å²) < 4.78 is 1.52. The number of para-hydroxylation sites is 1. The van der Waals surface area contributed by atoms with Gasteiger partial charge >= 0.3 is 0 Å². The SMILES string of the molecule is Cn1nc(C(=O)N2CCN(c3ccccc3)CC2)cc1NC(=O)c1ccccc1. The number of amides is 2. The van der Waals surface area contributed by atoms with Crippen LogP contribution < -0.4 is 10.2 Å². The van der Waals surface area contributed by atoms with Crippen LogP contribution in [-0.4, -0.2) is 52.7 Å². The Labute approximate surface area is 169 Å². The van der Waals surface area contributed by atoms with E-state index in [-0.39, 0.29) is 11.8 Å². The second kappa shape index (κ2) is 8.18.